The van der Waals surface area contributed by atoms with Crippen LogP contribution < -0.4 is 5.73 Å². The van der Waals surface area contributed by atoms with Crippen LogP contribution >= 0.6 is 0 Å². The normalized spacial score (nSPS) is 19.5. The van der Waals surface area contributed by atoms with E-state index in [2.05, 4.69) is 15.4 Å². The molecule has 0 aromatic carbocycles. The van der Waals surface area contributed by atoms with Gasteiger partial charge in [0.2, 0.25) is 0 Å². The molecule has 1 fully saturated rings. The molecule has 1 heterocycles. The van der Waals surface area contributed by atoms with E-state index in [1.807, 2.05) is 6.92 Å². The Morgan fingerprint density at radius 1 is 1.50 bits per heavy atom. The summed E-state index contributed by atoms with van der Waals surface area (Å²) in [5, 5.41) is 10.6. The van der Waals surface area contributed by atoms with Crippen LogP contribution in [-0.2, 0) is 6.42 Å². The van der Waals surface area contributed by atoms with Crippen molar-refractivity contribution >= 4 is 0 Å². The fraction of sp³-hybridized carbons (Fsp3) is 0.750. The maximum atomic E-state index is 5.95. The predicted octanol–water partition coefficient (Wildman–Crippen LogP) is 0.537. The number of aromatic amines is 1. The van der Waals surface area contributed by atoms with Crippen LogP contribution in [0.2, 0.25) is 0 Å². The second kappa shape index (κ2) is 2.55. The molecule has 66 valence electrons. The molecule has 0 radical (unpaired) electrons. The predicted molar refractivity (Wildman–Crippen MR) is 45.6 cm³/mol. The van der Waals surface area contributed by atoms with Gasteiger partial charge in [0.25, 0.3) is 0 Å². The number of H-pyrrole nitrogens is 1. The first-order valence-electron chi connectivity index (χ1n) is 4.35. The van der Waals surface area contributed by atoms with Crippen molar-refractivity contribution in [3.63, 3.8) is 0 Å². The third-order valence-electron chi connectivity index (χ3n) is 2.57. The van der Waals surface area contributed by atoms with E-state index in [0.717, 1.165) is 24.2 Å². The fourth-order valence-electron chi connectivity index (χ4n) is 1.32. The van der Waals surface area contributed by atoms with Gasteiger partial charge in [-0.3, -0.25) is 0 Å². The summed E-state index contributed by atoms with van der Waals surface area (Å²) in [5.41, 5.74) is 8.15. The smallest absolute Gasteiger partial charge is 0.0854 e. The number of nitrogens with one attached hydrogen (secondary N) is 1. The highest BCUT2D eigenvalue weighted by atomic mass is 15.3. The zero-order valence-corrected chi connectivity index (χ0v) is 7.30. The third kappa shape index (κ3) is 1.48. The summed E-state index contributed by atoms with van der Waals surface area (Å²) in [6, 6.07) is 0. The topological polar surface area (TPSA) is 67.6 Å². The van der Waals surface area contributed by atoms with E-state index in [4.69, 9.17) is 5.73 Å². The summed E-state index contributed by atoms with van der Waals surface area (Å²) in [4.78, 5) is 0. The molecule has 1 aromatic rings. The van der Waals surface area contributed by atoms with Crippen molar-refractivity contribution < 1.29 is 0 Å². The molecule has 1 aromatic heterocycles. The molecule has 0 bridgehead atoms. The molecule has 0 amide bonds. The average molecular weight is 166 g/mol. The van der Waals surface area contributed by atoms with Gasteiger partial charge < -0.3 is 5.73 Å². The summed E-state index contributed by atoms with van der Waals surface area (Å²) in [6.45, 7) is 1.97. The highest BCUT2D eigenvalue weighted by molar-refractivity contribution is 5.09. The lowest BCUT2D eigenvalue weighted by atomic mass is 10.1. The molecule has 4 heteroatoms. The monoisotopic (exact) mass is 166 g/mol. The molecule has 0 atom stereocenters. The number of aryl methyl sites for hydroxylation is 2. The van der Waals surface area contributed by atoms with Crippen molar-refractivity contribution in [3.05, 3.63) is 11.4 Å². The molecule has 3 N–H and O–H groups in total. The quantitative estimate of drug-likeness (QED) is 0.688. The Morgan fingerprint density at radius 3 is 2.75 bits per heavy atom. The van der Waals surface area contributed by atoms with Crippen LogP contribution in [0.1, 0.15) is 30.7 Å². The minimum absolute atomic E-state index is 0.130. The van der Waals surface area contributed by atoms with Crippen LogP contribution in [0.15, 0.2) is 0 Å². The fourth-order valence-corrected chi connectivity index (χ4v) is 1.32. The number of nitrogens with zero attached hydrogens (tertiary/aromatic N) is 2. The lowest BCUT2D eigenvalue weighted by Crippen LogP contribution is -2.22. The molecule has 1 saturated carbocycles. The highest BCUT2D eigenvalue weighted by Crippen LogP contribution is 2.36. The standard InChI is InChI=1S/C8H14N4/c1-6-7(11-12-10-6)2-3-8(9)4-5-8/h2-5,9H2,1H3,(H,10,11,12). The third-order valence-corrected chi connectivity index (χ3v) is 2.57. The van der Waals surface area contributed by atoms with Crippen molar-refractivity contribution in [2.45, 2.75) is 38.1 Å². The minimum Gasteiger partial charge on any atom is -0.325 e. The van der Waals surface area contributed by atoms with E-state index in [-0.39, 0.29) is 5.54 Å². The van der Waals surface area contributed by atoms with Crippen LogP contribution in [0.25, 0.3) is 0 Å². The lowest BCUT2D eigenvalue weighted by molar-refractivity contribution is 0.601. The first kappa shape index (κ1) is 7.73. The first-order valence-corrected chi connectivity index (χ1v) is 4.35. The van der Waals surface area contributed by atoms with Gasteiger partial charge in [0.15, 0.2) is 0 Å². The first-order chi connectivity index (χ1) is 5.70. The highest BCUT2D eigenvalue weighted by Gasteiger charge is 2.37. The van der Waals surface area contributed by atoms with Gasteiger partial charge in [0.1, 0.15) is 0 Å². The maximum Gasteiger partial charge on any atom is 0.0854 e. The van der Waals surface area contributed by atoms with Crippen LogP contribution in [-0.4, -0.2) is 20.9 Å². The van der Waals surface area contributed by atoms with Gasteiger partial charge in [-0.15, -0.1) is 0 Å². The Bertz CT molecular complexity index is 274. The maximum absolute atomic E-state index is 5.95. The molecule has 4 nitrogen and oxygen atoms in total. The van der Waals surface area contributed by atoms with Gasteiger partial charge in [-0.05, 0) is 32.6 Å². The van der Waals surface area contributed by atoms with Gasteiger partial charge >= 0.3 is 0 Å². The van der Waals surface area contributed by atoms with Crippen molar-refractivity contribution in [1.29, 1.82) is 0 Å². The van der Waals surface area contributed by atoms with Gasteiger partial charge in [0.05, 0.1) is 11.4 Å². The zero-order valence-electron chi connectivity index (χ0n) is 7.30. The SMILES string of the molecule is Cc1n[nH]nc1CCC1(N)CC1. The molecular formula is C8H14N4. The number of rotatable bonds is 3. The van der Waals surface area contributed by atoms with E-state index in [1.165, 1.54) is 12.8 Å². The zero-order chi connectivity index (χ0) is 8.60. The number of hydrogen-bond acceptors (Lipinski definition) is 3. The molecule has 1 aliphatic rings. The van der Waals surface area contributed by atoms with Gasteiger partial charge in [-0.1, -0.05) is 0 Å². The van der Waals surface area contributed by atoms with Gasteiger partial charge in [-0.2, -0.15) is 15.4 Å². The molecule has 12 heavy (non-hydrogen) atoms. The van der Waals surface area contributed by atoms with E-state index >= 15 is 0 Å². The van der Waals surface area contributed by atoms with Crippen molar-refractivity contribution in [1.82, 2.24) is 15.4 Å². The van der Waals surface area contributed by atoms with Crippen molar-refractivity contribution in [2.75, 3.05) is 0 Å². The summed E-state index contributed by atoms with van der Waals surface area (Å²) in [5.74, 6) is 0. The largest absolute Gasteiger partial charge is 0.325 e. The molecule has 0 aliphatic heterocycles. The second-order valence-electron chi connectivity index (χ2n) is 3.72. The summed E-state index contributed by atoms with van der Waals surface area (Å²) >= 11 is 0. The number of nitrogens with two attached hydrogens (primary N) is 1. The van der Waals surface area contributed by atoms with Gasteiger partial charge in [0, 0.05) is 5.54 Å². The number of hydrogen-bond donors (Lipinski definition) is 2. The van der Waals surface area contributed by atoms with Crippen LogP contribution in [0, 0.1) is 6.92 Å². The van der Waals surface area contributed by atoms with Crippen LogP contribution in [0.4, 0.5) is 0 Å². The number of aromatic nitrogens is 3. The van der Waals surface area contributed by atoms with Crippen molar-refractivity contribution in [3.8, 4) is 0 Å². The van der Waals surface area contributed by atoms with E-state index < -0.39 is 0 Å². The van der Waals surface area contributed by atoms with E-state index in [9.17, 15) is 0 Å². The minimum atomic E-state index is 0.130. The molecule has 0 unspecified atom stereocenters. The molecule has 2 rings (SSSR count). The molecule has 1 aliphatic carbocycles. The van der Waals surface area contributed by atoms with Crippen LogP contribution in [0.3, 0.4) is 0 Å². The Hall–Kier alpha value is -0.900. The molecule has 0 spiro atoms. The van der Waals surface area contributed by atoms with E-state index in [0.29, 0.717) is 0 Å². The Labute approximate surface area is 71.5 Å². The Kier molecular flexibility index (Phi) is 1.65. The average Bonchev–Trinajstić information content (AvgIpc) is 2.61. The summed E-state index contributed by atoms with van der Waals surface area (Å²) < 4.78 is 0. The molecule has 0 saturated heterocycles. The van der Waals surface area contributed by atoms with Gasteiger partial charge in [-0.25, -0.2) is 0 Å². The summed E-state index contributed by atoms with van der Waals surface area (Å²) in [7, 11) is 0. The van der Waals surface area contributed by atoms with Crippen LogP contribution in [0.5, 0.6) is 0 Å². The Balaban J connectivity index is 1.91. The summed E-state index contributed by atoms with van der Waals surface area (Å²) in [6.07, 6.45) is 4.34. The molecular weight excluding hydrogens is 152 g/mol. The van der Waals surface area contributed by atoms with E-state index in [1.54, 1.807) is 0 Å². The van der Waals surface area contributed by atoms with Crippen molar-refractivity contribution in [2.24, 2.45) is 5.73 Å². The second-order valence-corrected chi connectivity index (χ2v) is 3.72. The lowest BCUT2D eigenvalue weighted by Gasteiger charge is -2.05. The Morgan fingerprint density at radius 2 is 2.25 bits per heavy atom.